The Morgan fingerprint density at radius 3 is 2.38 bits per heavy atom. The molecule has 1 aromatic carbocycles. The molecule has 0 saturated carbocycles. The molecular weight excluding hydrogens is 260 g/mol. The van der Waals surface area contributed by atoms with E-state index in [1.807, 2.05) is 19.1 Å². The van der Waals surface area contributed by atoms with Gasteiger partial charge in [0.1, 0.15) is 5.75 Å². The van der Waals surface area contributed by atoms with Gasteiger partial charge in [0.2, 0.25) is 0 Å². The zero-order valence-corrected chi connectivity index (χ0v) is 13.4. The van der Waals surface area contributed by atoms with Crippen molar-refractivity contribution in [2.75, 3.05) is 0 Å². The van der Waals surface area contributed by atoms with Crippen LogP contribution in [-0.2, 0) is 0 Å². The van der Waals surface area contributed by atoms with E-state index in [-0.39, 0.29) is 12.1 Å². The maximum atomic E-state index is 9.59. The number of aryl methyl sites for hydroxylation is 3. The highest BCUT2D eigenvalue weighted by Gasteiger charge is 2.16. The molecule has 0 bridgehead atoms. The Morgan fingerprint density at radius 2 is 1.76 bits per heavy atom. The van der Waals surface area contributed by atoms with Crippen molar-refractivity contribution >= 4 is 0 Å². The lowest BCUT2D eigenvalue weighted by atomic mass is 9.98. The normalized spacial score (nSPS) is 14.0. The number of hydrogen-bond donors (Lipinski definition) is 2. The molecule has 0 radical (unpaired) electrons. The van der Waals surface area contributed by atoms with Gasteiger partial charge in [-0.3, -0.25) is 4.98 Å². The van der Waals surface area contributed by atoms with E-state index >= 15 is 0 Å². The zero-order chi connectivity index (χ0) is 15.6. The number of benzene rings is 1. The fourth-order valence-electron chi connectivity index (χ4n) is 3.04. The Bertz CT molecular complexity index is 614. The first kappa shape index (κ1) is 15.5. The second-order valence-electron chi connectivity index (χ2n) is 5.78. The molecule has 0 aliphatic heterocycles. The molecule has 2 rings (SSSR count). The molecule has 0 spiro atoms. The van der Waals surface area contributed by atoms with Crippen LogP contribution >= 0.6 is 0 Å². The third kappa shape index (κ3) is 3.61. The first-order valence-electron chi connectivity index (χ1n) is 7.38. The van der Waals surface area contributed by atoms with Gasteiger partial charge in [-0.25, -0.2) is 0 Å². The molecule has 3 nitrogen and oxygen atoms in total. The number of nitrogens with one attached hydrogen (secondary N) is 1. The first-order valence-corrected chi connectivity index (χ1v) is 7.38. The second-order valence-corrected chi connectivity index (χ2v) is 5.78. The van der Waals surface area contributed by atoms with E-state index in [4.69, 9.17) is 0 Å². The van der Waals surface area contributed by atoms with Gasteiger partial charge in [0.15, 0.2) is 0 Å². The monoisotopic (exact) mass is 284 g/mol. The van der Waals surface area contributed by atoms with Crippen LogP contribution in [0.4, 0.5) is 0 Å². The number of phenolic OH excluding ortho intramolecular Hbond substituents is 1. The largest absolute Gasteiger partial charge is 0.508 e. The van der Waals surface area contributed by atoms with Crippen LogP contribution in [0.5, 0.6) is 5.75 Å². The molecule has 21 heavy (non-hydrogen) atoms. The van der Waals surface area contributed by atoms with Gasteiger partial charge < -0.3 is 10.4 Å². The lowest BCUT2D eigenvalue weighted by molar-refractivity contribution is 0.465. The third-order valence-corrected chi connectivity index (χ3v) is 3.89. The highest BCUT2D eigenvalue weighted by atomic mass is 16.3. The highest BCUT2D eigenvalue weighted by molar-refractivity contribution is 5.34. The van der Waals surface area contributed by atoms with E-state index in [0.29, 0.717) is 5.75 Å². The average molecular weight is 284 g/mol. The van der Waals surface area contributed by atoms with Gasteiger partial charge in [-0.2, -0.15) is 0 Å². The van der Waals surface area contributed by atoms with Gasteiger partial charge in [0, 0.05) is 23.5 Å². The number of pyridine rings is 1. The molecule has 1 heterocycles. The summed E-state index contributed by atoms with van der Waals surface area (Å²) < 4.78 is 0. The SMILES string of the molecule is Cc1cc(C)c(C(C)NC(C)c2cccc(O)c2)c(C)n1. The fraction of sp³-hybridized carbons (Fsp3) is 0.389. The molecule has 0 fully saturated rings. The van der Waals surface area contributed by atoms with Crippen LogP contribution in [0.1, 0.15) is 54.0 Å². The predicted octanol–water partition coefficient (Wildman–Crippen LogP) is 4.12. The lowest BCUT2D eigenvalue weighted by Gasteiger charge is -2.23. The molecule has 0 aliphatic carbocycles. The van der Waals surface area contributed by atoms with Crippen LogP contribution in [0.3, 0.4) is 0 Å². The highest BCUT2D eigenvalue weighted by Crippen LogP contribution is 2.25. The molecule has 0 saturated heterocycles. The van der Waals surface area contributed by atoms with Crippen LogP contribution in [0.25, 0.3) is 0 Å². The summed E-state index contributed by atoms with van der Waals surface area (Å²) in [5, 5.41) is 13.2. The van der Waals surface area contributed by atoms with Crippen LogP contribution in [0.2, 0.25) is 0 Å². The smallest absolute Gasteiger partial charge is 0.115 e. The summed E-state index contributed by atoms with van der Waals surface area (Å²) in [5.74, 6) is 0.304. The minimum absolute atomic E-state index is 0.159. The van der Waals surface area contributed by atoms with Crippen molar-refractivity contribution in [3.8, 4) is 5.75 Å². The van der Waals surface area contributed by atoms with Crippen LogP contribution in [0.15, 0.2) is 30.3 Å². The Balaban J connectivity index is 2.20. The van der Waals surface area contributed by atoms with Gasteiger partial charge in [0.05, 0.1) is 0 Å². The molecule has 112 valence electrons. The summed E-state index contributed by atoms with van der Waals surface area (Å²) in [6.45, 7) is 10.5. The third-order valence-electron chi connectivity index (χ3n) is 3.89. The number of nitrogens with zero attached hydrogens (tertiary/aromatic N) is 1. The van der Waals surface area contributed by atoms with Crippen molar-refractivity contribution in [2.24, 2.45) is 0 Å². The second kappa shape index (κ2) is 6.27. The zero-order valence-electron chi connectivity index (χ0n) is 13.4. The quantitative estimate of drug-likeness (QED) is 0.887. The summed E-state index contributed by atoms with van der Waals surface area (Å²) in [4.78, 5) is 4.57. The molecule has 2 N–H and O–H groups in total. The fourth-order valence-corrected chi connectivity index (χ4v) is 3.04. The molecule has 2 aromatic rings. The summed E-state index contributed by atoms with van der Waals surface area (Å²) in [5.41, 5.74) is 5.74. The number of phenols is 1. The lowest BCUT2D eigenvalue weighted by Crippen LogP contribution is -2.24. The standard InChI is InChI=1S/C18H24N2O/c1-11-9-12(2)19-14(4)18(11)15(5)20-13(3)16-7-6-8-17(21)10-16/h6-10,13,15,20-21H,1-5H3. The van der Waals surface area contributed by atoms with Crippen molar-refractivity contribution in [2.45, 2.75) is 46.7 Å². The molecule has 3 heteroatoms. The van der Waals surface area contributed by atoms with Gasteiger partial charge >= 0.3 is 0 Å². The topological polar surface area (TPSA) is 45.1 Å². The Morgan fingerprint density at radius 1 is 1.05 bits per heavy atom. The van der Waals surface area contributed by atoms with E-state index in [2.05, 4.69) is 44.1 Å². The summed E-state index contributed by atoms with van der Waals surface area (Å²) >= 11 is 0. The predicted molar refractivity (Wildman–Crippen MR) is 86.5 cm³/mol. The van der Waals surface area contributed by atoms with Crippen molar-refractivity contribution in [1.82, 2.24) is 10.3 Å². The van der Waals surface area contributed by atoms with Crippen molar-refractivity contribution in [3.63, 3.8) is 0 Å². The van der Waals surface area contributed by atoms with Crippen molar-refractivity contribution in [1.29, 1.82) is 0 Å². The Hall–Kier alpha value is -1.87. The van der Waals surface area contributed by atoms with Gasteiger partial charge in [-0.05, 0) is 69.5 Å². The van der Waals surface area contributed by atoms with Crippen molar-refractivity contribution in [3.05, 3.63) is 58.4 Å². The Kier molecular flexibility index (Phi) is 4.63. The maximum Gasteiger partial charge on any atom is 0.115 e. The van der Waals surface area contributed by atoms with E-state index in [0.717, 1.165) is 17.0 Å². The minimum Gasteiger partial charge on any atom is -0.508 e. The Labute approximate surface area is 127 Å². The number of hydrogen-bond acceptors (Lipinski definition) is 3. The van der Waals surface area contributed by atoms with Gasteiger partial charge in [-0.1, -0.05) is 12.1 Å². The average Bonchev–Trinajstić information content (AvgIpc) is 2.37. The van der Waals surface area contributed by atoms with Gasteiger partial charge in [-0.15, -0.1) is 0 Å². The maximum absolute atomic E-state index is 9.59. The van der Waals surface area contributed by atoms with Crippen LogP contribution in [-0.4, -0.2) is 10.1 Å². The molecule has 2 atom stereocenters. The summed E-state index contributed by atoms with van der Waals surface area (Å²) in [6, 6.07) is 9.88. The van der Waals surface area contributed by atoms with Crippen molar-refractivity contribution < 1.29 is 5.11 Å². The van der Waals surface area contributed by atoms with Crippen LogP contribution < -0.4 is 5.32 Å². The minimum atomic E-state index is 0.159. The molecule has 0 aliphatic rings. The number of aromatic hydroxyl groups is 1. The van der Waals surface area contributed by atoms with Gasteiger partial charge in [0.25, 0.3) is 0 Å². The molecule has 1 aromatic heterocycles. The van der Waals surface area contributed by atoms with E-state index in [1.165, 1.54) is 11.1 Å². The molecule has 0 amide bonds. The van der Waals surface area contributed by atoms with Crippen LogP contribution in [0, 0.1) is 20.8 Å². The van der Waals surface area contributed by atoms with E-state index < -0.39 is 0 Å². The summed E-state index contributed by atoms with van der Waals surface area (Å²) in [7, 11) is 0. The summed E-state index contributed by atoms with van der Waals surface area (Å²) in [6.07, 6.45) is 0. The first-order chi connectivity index (χ1) is 9.88. The molecular formula is C18H24N2O. The number of rotatable bonds is 4. The van der Waals surface area contributed by atoms with E-state index in [9.17, 15) is 5.11 Å². The number of aromatic nitrogens is 1. The molecule has 2 unspecified atom stereocenters. The van der Waals surface area contributed by atoms with E-state index in [1.54, 1.807) is 12.1 Å².